The zero-order valence-corrected chi connectivity index (χ0v) is 6.69. The maximum atomic E-state index is 5.20. The van der Waals surface area contributed by atoms with Gasteiger partial charge in [0.05, 0.1) is 0 Å². The maximum Gasteiger partial charge on any atom is 0.279 e. The van der Waals surface area contributed by atoms with Crippen LogP contribution in [0.3, 0.4) is 0 Å². The third kappa shape index (κ3) is 1.59. The lowest BCUT2D eigenvalue weighted by Crippen LogP contribution is -1.80. The lowest BCUT2D eigenvalue weighted by atomic mass is 10.2. The third-order valence-corrected chi connectivity index (χ3v) is 1.66. The van der Waals surface area contributed by atoms with Crippen molar-refractivity contribution < 1.29 is 9.47 Å². The van der Waals surface area contributed by atoms with Gasteiger partial charge in [-0.2, -0.15) is 0 Å². The van der Waals surface area contributed by atoms with Gasteiger partial charge in [-0.25, -0.2) is 0 Å². The molecule has 0 bridgehead atoms. The Morgan fingerprint density at radius 2 is 1.67 bits per heavy atom. The van der Waals surface area contributed by atoms with Crippen LogP contribution in [0.15, 0.2) is 36.3 Å². The molecule has 0 aromatic heterocycles. The van der Waals surface area contributed by atoms with Gasteiger partial charge < -0.3 is 9.47 Å². The minimum absolute atomic E-state index is 0.626. The van der Waals surface area contributed by atoms with Gasteiger partial charge in [0.1, 0.15) is 13.2 Å². The van der Waals surface area contributed by atoms with E-state index in [1.807, 2.05) is 36.4 Å². The summed E-state index contributed by atoms with van der Waals surface area (Å²) in [6.07, 6.45) is 1.90. The predicted octanol–water partition coefficient (Wildman–Crippen LogP) is 2.03. The summed E-state index contributed by atoms with van der Waals surface area (Å²) in [5.74, 6) is 0.626. The first kappa shape index (κ1) is 7.22. The van der Waals surface area contributed by atoms with Gasteiger partial charge in [0, 0.05) is 6.08 Å². The van der Waals surface area contributed by atoms with Crippen molar-refractivity contribution in [1.82, 2.24) is 0 Å². The Kier molecular flexibility index (Phi) is 1.99. The quantitative estimate of drug-likeness (QED) is 0.629. The maximum absolute atomic E-state index is 5.20. The Balaban J connectivity index is 2.16. The molecule has 0 radical (unpaired) electrons. The van der Waals surface area contributed by atoms with Crippen LogP contribution in [-0.4, -0.2) is 13.2 Å². The monoisotopic (exact) mass is 162 g/mol. The molecule has 2 rings (SSSR count). The SMILES string of the molecule is C(=C1OCCO1)c1ccccc1. The van der Waals surface area contributed by atoms with Crippen LogP contribution in [0.2, 0.25) is 0 Å². The average molecular weight is 162 g/mol. The molecule has 0 atom stereocenters. The van der Waals surface area contributed by atoms with Crippen molar-refractivity contribution in [2.45, 2.75) is 0 Å². The van der Waals surface area contributed by atoms with Gasteiger partial charge in [-0.05, 0) is 5.56 Å². The van der Waals surface area contributed by atoms with Crippen LogP contribution in [0.5, 0.6) is 0 Å². The van der Waals surface area contributed by atoms with Crippen molar-refractivity contribution in [3.8, 4) is 0 Å². The van der Waals surface area contributed by atoms with Crippen LogP contribution in [0.4, 0.5) is 0 Å². The summed E-state index contributed by atoms with van der Waals surface area (Å²) in [5.41, 5.74) is 1.11. The lowest BCUT2D eigenvalue weighted by Gasteiger charge is -1.96. The van der Waals surface area contributed by atoms with Gasteiger partial charge in [-0.3, -0.25) is 0 Å². The van der Waals surface area contributed by atoms with Gasteiger partial charge in [0.2, 0.25) is 0 Å². The molecular weight excluding hydrogens is 152 g/mol. The van der Waals surface area contributed by atoms with E-state index in [0.29, 0.717) is 19.2 Å². The molecule has 2 heteroatoms. The van der Waals surface area contributed by atoms with Crippen molar-refractivity contribution in [2.24, 2.45) is 0 Å². The molecule has 0 unspecified atom stereocenters. The molecule has 1 aromatic carbocycles. The highest BCUT2D eigenvalue weighted by atomic mass is 16.7. The summed E-state index contributed by atoms with van der Waals surface area (Å²) in [7, 11) is 0. The highest BCUT2D eigenvalue weighted by Crippen LogP contribution is 2.12. The Labute approximate surface area is 71.4 Å². The minimum Gasteiger partial charge on any atom is -0.462 e. The second kappa shape index (κ2) is 3.30. The fourth-order valence-corrected chi connectivity index (χ4v) is 1.09. The molecule has 1 saturated heterocycles. The first-order chi connectivity index (χ1) is 5.95. The van der Waals surface area contributed by atoms with E-state index in [1.165, 1.54) is 0 Å². The summed E-state index contributed by atoms with van der Waals surface area (Å²) < 4.78 is 10.4. The predicted molar refractivity (Wildman–Crippen MR) is 46.3 cm³/mol. The first-order valence-electron chi connectivity index (χ1n) is 3.97. The third-order valence-electron chi connectivity index (χ3n) is 1.66. The molecular formula is C10H10O2. The van der Waals surface area contributed by atoms with Crippen molar-refractivity contribution in [3.63, 3.8) is 0 Å². The van der Waals surface area contributed by atoms with Gasteiger partial charge in [0.25, 0.3) is 5.95 Å². The standard InChI is InChI=1S/C10H10O2/c1-2-4-9(5-3-1)8-10-11-6-7-12-10/h1-5,8H,6-7H2. The molecule has 2 nitrogen and oxygen atoms in total. The molecule has 0 amide bonds. The van der Waals surface area contributed by atoms with Gasteiger partial charge >= 0.3 is 0 Å². The zero-order valence-electron chi connectivity index (χ0n) is 6.69. The number of rotatable bonds is 1. The van der Waals surface area contributed by atoms with Crippen LogP contribution in [0.25, 0.3) is 6.08 Å². The van der Waals surface area contributed by atoms with E-state index >= 15 is 0 Å². The number of hydrogen-bond donors (Lipinski definition) is 0. The molecule has 0 spiro atoms. The molecule has 12 heavy (non-hydrogen) atoms. The van der Waals surface area contributed by atoms with Gasteiger partial charge in [-0.15, -0.1) is 0 Å². The van der Waals surface area contributed by atoms with E-state index in [2.05, 4.69) is 0 Å². The zero-order chi connectivity index (χ0) is 8.23. The first-order valence-corrected chi connectivity index (χ1v) is 3.97. The van der Waals surface area contributed by atoms with Crippen LogP contribution >= 0.6 is 0 Å². The largest absolute Gasteiger partial charge is 0.462 e. The van der Waals surface area contributed by atoms with Gasteiger partial charge in [-0.1, -0.05) is 30.3 Å². The molecule has 0 saturated carbocycles. The summed E-state index contributed by atoms with van der Waals surface area (Å²) in [5, 5.41) is 0. The topological polar surface area (TPSA) is 18.5 Å². The highest BCUT2D eigenvalue weighted by molar-refractivity contribution is 5.49. The van der Waals surface area contributed by atoms with E-state index in [-0.39, 0.29) is 0 Å². The molecule has 0 aliphatic carbocycles. The minimum atomic E-state index is 0.626. The normalized spacial score (nSPS) is 15.2. The number of ether oxygens (including phenoxy) is 2. The number of benzene rings is 1. The lowest BCUT2D eigenvalue weighted by molar-refractivity contribution is 0.181. The van der Waals surface area contributed by atoms with Crippen LogP contribution in [0.1, 0.15) is 5.56 Å². The second-order valence-electron chi connectivity index (χ2n) is 2.57. The summed E-state index contributed by atoms with van der Waals surface area (Å²) >= 11 is 0. The van der Waals surface area contributed by atoms with Crippen LogP contribution < -0.4 is 0 Å². The molecule has 0 N–H and O–H groups in total. The molecule has 62 valence electrons. The van der Waals surface area contributed by atoms with E-state index in [0.717, 1.165) is 5.56 Å². The summed E-state index contributed by atoms with van der Waals surface area (Å²) in [4.78, 5) is 0. The fourth-order valence-electron chi connectivity index (χ4n) is 1.09. The Morgan fingerprint density at radius 1 is 1.00 bits per heavy atom. The molecule has 1 fully saturated rings. The van der Waals surface area contributed by atoms with E-state index in [1.54, 1.807) is 0 Å². The van der Waals surface area contributed by atoms with Gasteiger partial charge in [0.15, 0.2) is 0 Å². The smallest absolute Gasteiger partial charge is 0.279 e. The Morgan fingerprint density at radius 3 is 2.33 bits per heavy atom. The van der Waals surface area contributed by atoms with Crippen molar-refractivity contribution in [3.05, 3.63) is 41.8 Å². The molecule has 1 aromatic rings. The number of hydrogen-bond acceptors (Lipinski definition) is 2. The van der Waals surface area contributed by atoms with E-state index in [4.69, 9.17) is 9.47 Å². The van der Waals surface area contributed by atoms with Crippen LogP contribution in [-0.2, 0) is 9.47 Å². The average Bonchev–Trinajstić information content (AvgIpc) is 2.59. The fraction of sp³-hybridized carbons (Fsp3) is 0.200. The molecule has 1 aliphatic rings. The van der Waals surface area contributed by atoms with Crippen LogP contribution in [0, 0.1) is 0 Å². The molecule has 1 aliphatic heterocycles. The van der Waals surface area contributed by atoms with E-state index in [9.17, 15) is 0 Å². The van der Waals surface area contributed by atoms with E-state index < -0.39 is 0 Å². The van der Waals surface area contributed by atoms with Crippen molar-refractivity contribution >= 4 is 6.08 Å². The van der Waals surface area contributed by atoms with Crippen molar-refractivity contribution in [2.75, 3.05) is 13.2 Å². The van der Waals surface area contributed by atoms with Crippen molar-refractivity contribution in [1.29, 1.82) is 0 Å². The molecule has 1 heterocycles. The highest BCUT2D eigenvalue weighted by Gasteiger charge is 2.06. The summed E-state index contributed by atoms with van der Waals surface area (Å²) in [6, 6.07) is 9.98. The Hall–Kier alpha value is -1.44. The summed E-state index contributed by atoms with van der Waals surface area (Å²) in [6.45, 7) is 1.33. The second-order valence-corrected chi connectivity index (χ2v) is 2.57. The Bertz CT molecular complexity index is 269.